The number of pyridine rings is 2. The van der Waals surface area contributed by atoms with E-state index in [-0.39, 0.29) is 12.1 Å². The summed E-state index contributed by atoms with van der Waals surface area (Å²) in [5.41, 5.74) is 4.41. The zero-order chi connectivity index (χ0) is 20.3. The summed E-state index contributed by atoms with van der Waals surface area (Å²) in [6.45, 7) is 0.685. The molecule has 4 aromatic rings. The van der Waals surface area contributed by atoms with E-state index < -0.39 is 0 Å². The van der Waals surface area contributed by atoms with Gasteiger partial charge in [-0.05, 0) is 59.7 Å². The number of nitrogens with zero attached hydrogens (tertiary/aromatic N) is 4. The zero-order valence-electron chi connectivity index (χ0n) is 16.3. The Hall–Kier alpha value is -3.51. The molecule has 1 aromatic carbocycles. The van der Waals surface area contributed by atoms with Gasteiger partial charge >= 0.3 is 0 Å². The Morgan fingerprint density at radius 1 is 0.933 bits per heavy atom. The molecule has 1 aliphatic heterocycles. The van der Waals surface area contributed by atoms with E-state index in [2.05, 4.69) is 67.5 Å². The standard InChI is InChI=1S/C24H21N5S/c30-24-27-22(21-10-4-5-13-26-21)23(29(24)16-18-7-6-12-25-15-18)19-11-14-28(17-19)20-8-2-1-3-9-20/h1-15,17,22-23H,16H2,(H,27,30). The maximum Gasteiger partial charge on any atom is 0.170 e. The highest BCUT2D eigenvalue weighted by atomic mass is 32.1. The molecule has 0 bridgehead atoms. The van der Waals surface area contributed by atoms with Crippen LogP contribution in [0.15, 0.2) is 97.7 Å². The van der Waals surface area contributed by atoms with E-state index in [0.29, 0.717) is 6.54 Å². The van der Waals surface area contributed by atoms with Gasteiger partial charge in [0.1, 0.15) is 0 Å². The first kappa shape index (κ1) is 18.5. The van der Waals surface area contributed by atoms with Crippen molar-refractivity contribution in [3.8, 4) is 5.69 Å². The summed E-state index contributed by atoms with van der Waals surface area (Å²) in [4.78, 5) is 11.1. The molecule has 2 atom stereocenters. The van der Waals surface area contributed by atoms with Gasteiger partial charge in [-0.15, -0.1) is 0 Å². The Bertz CT molecular complexity index is 1130. The predicted molar refractivity (Wildman–Crippen MR) is 121 cm³/mol. The lowest BCUT2D eigenvalue weighted by atomic mass is 9.99. The van der Waals surface area contributed by atoms with Crippen LogP contribution in [0.5, 0.6) is 0 Å². The van der Waals surface area contributed by atoms with Gasteiger partial charge in [-0.25, -0.2) is 0 Å². The van der Waals surface area contributed by atoms with E-state index >= 15 is 0 Å². The van der Waals surface area contributed by atoms with Gasteiger partial charge in [0.15, 0.2) is 5.11 Å². The molecule has 30 heavy (non-hydrogen) atoms. The molecule has 3 aromatic heterocycles. The van der Waals surface area contributed by atoms with E-state index in [1.165, 1.54) is 5.56 Å². The van der Waals surface area contributed by atoms with Crippen molar-refractivity contribution >= 4 is 17.3 Å². The van der Waals surface area contributed by atoms with Gasteiger partial charge in [-0.2, -0.15) is 0 Å². The molecule has 148 valence electrons. The molecule has 2 unspecified atom stereocenters. The molecule has 0 spiro atoms. The quantitative estimate of drug-likeness (QED) is 0.492. The second kappa shape index (κ2) is 8.08. The molecular weight excluding hydrogens is 390 g/mol. The second-order valence-corrected chi connectivity index (χ2v) is 7.69. The number of benzene rings is 1. The van der Waals surface area contributed by atoms with Gasteiger partial charge < -0.3 is 14.8 Å². The van der Waals surface area contributed by atoms with E-state index in [1.54, 1.807) is 6.20 Å². The highest BCUT2D eigenvalue weighted by molar-refractivity contribution is 7.80. The summed E-state index contributed by atoms with van der Waals surface area (Å²) in [6.07, 6.45) is 9.79. The van der Waals surface area contributed by atoms with Crippen LogP contribution in [0, 0.1) is 0 Å². The van der Waals surface area contributed by atoms with Crippen molar-refractivity contribution in [2.75, 3.05) is 0 Å². The van der Waals surface area contributed by atoms with Crippen LogP contribution in [0.3, 0.4) is 0 Å². The van der Waals surface area contributed by atoms with Crippen LogP contribution in [-0.4, -0.2) is 24.5 Å². The SMILES string of the molecule is S=C1NC(c2ccccn2)C(c2ccn(-c3ccccc3)c2)N1Cc1cccnc1. The van der Waals surface area contributed by atoms with Gasteiger partial charge in [0.25, 0.3) is 0 Å². The Morgan fingerprint density at radius 2 is 1.80 bits per heavy atom. The molecule has 5 rings (SSSR count). The number of thiocarbonyl (C=S) groups is 1. The smallest absolute Gasteiger partial charge is 0.170 e. The zero-order valence-corrected chi connectivity index (χ0v) is 17.1. The number of hydrogen-bond acceptors (Lipinski definition) is 3. The average Bonchev–Trinajstić information content (AvgIpc) is 3.41. The first-order valence-corrected chi connectivity index (χ1v) is 10.3. The highest BCUT2D eigenvalue weighted by Crippen LogP contribution is 2.39. The maximum atomic E-state index is 5.75. The predicted octanol–water partition coefficient (Wildman–Crippen LogP) is 4.44. The molecule has 0 amide bonds. The van der Waals surface area contributed by atoms with Gasteiger partial charge in [0, 0.05) is 43.2 Å². The van der Waals surface area contributed by atoms with Gasteiger partial charge in [0.2, 0.25) is 0 Å². The van der Waals surface area contributed by atoms with Crippen molar-refractivity contribution in [2.45, 2.75) is 18.6 Å². The van der Waals surface area contributed by atoms with Crippen molar-refractivity contribution in [1.29, 1.82) is 0 Å². The summed E-state index contributed by atoms with van der Waals surface area (Å²) in [6, 6.07) is 22.5. The number of aromatic nitrogens is 3. The fraction of sp³-hybridized carbons (Fsp3) is 0.125. The van der Waals surface area contributed by atoms with Crippen LogP contribution in [0.1, 0.15) is 28.9 Å². The van der Waals surface area contributed by atoms with Crippen LogP contribution in [0.25, 0.3) is 5.69 Å². The second-order valence-electron chi connectivity index (χ2n) is 7.30. The number of hydrogen-bond donors (Lipinski definition) is 1. The normalized spacial score (nSPS) is 18.4. The lowest BCUT2D eigenvalue weighted by Crippen LogP contribution is -2.29. The monoisotopic (exact) mass is 411 g/mol. The number of nitrogens with one attached hydrogen (secondary N) is 1. The summed E-state index contributed by atoms with van der Waals surface area (Å²) in [5.74, 6) is 0. The molecule has 1 fully saturated rings. The van der Waals surface area contributed by atoms with Gasteiger partial charge in [-0.1, -0.05) is 30.3 Å². The largest absolute Gasteiger partial charge is 0.352 e. The first-order chi connectivity index (χ1) is 14.8. The van der Waals surface area contributed by atoms with Crippen LogP contribution in [-0.2, 0) is 6.54 Å². The van der Waals surface area contributed by atoms with Crippen LogP contribution in [0.4, 0.5) is 0 Å². The van der Waals surface area contributed by atoms with Crippen LogP contribution >= 0.6 is 12.2 Å². The summed E-state index contributed by atoms with van der Waals surface area (Å²) >= 11 is 5.75. The fourth-order valence-corrected chi connectivity index (χ4v) is 4.28. The van der Waals surface area contributed by atoms with Crippen molar-refractivity contribution < 1.29 is 0 Å². The number of rotatable bonds is 5. The topological polar surface area (TPSA) is 46.0 Å². The maximum absolute atomic E-state index is 5.75. The van der Waals surface area contributed by atoms with Gasteiger partial charge in [-0.3, -0.25) is 9.97 Å². The minimum absolute atomic E-state index is 0.0255. The first-order valence-electron chi connectivity index (χ1n) is 9.90. The van der Waals surface area contributed by atoms with Crippen LogP contribution in [0.2, 0.25) is 0 Å². The Kier molecular flexibility index (Phi) is 4.99. The number of para-hydroxylation sites is 1. The van der Waals surface area contributed by atoms with E-state index in [1.807, 2.05) is 48.8 Å². The third-order valence-electron chi connectivity index (χ3n) is 5.39. The van der Waals surface area contributed by atoms with Crippen molar-refractivity contribution in [2.24, 2.45) is 0 Å². The highest BCUT2D eigenvalue weighted by Gasteiger charge is 2.40. The minimum atomic E-state index is -0.0259. The molecule has 1 aliphatic rings. The Morgan fingerprint density at radius 3 is 2.57 bits per heavy atom. The van der Waals surface area contributed by atoms with Crippen molar-refractivity contribution in [3.05, 3.63) is 115 Å². The van der Waals surface area contributed by atoms with Crippen molar-refractivity contribution in [3.63, 3.8) is 0 Å². The Labute approximate surface area is 181 Å². The fourth-order valence-electron chi connectivity index (χ4n) is 3.98. The van der Waals surface area contributed by atoms with Gasteiger partial charge in [0.05, 0.1) is 17.8 Å². The average molecular weight is 412 g/mol. The molecule has 5 nitrogen and oxygen atoms in total. The lowest BCUT2D eigenvalue weighted by molar-refractivity contribution is 0.311. The van der Waals surface area contributed by atoms with E-state index in [0.717, 1.165) is 22.1 Å². The molecule has 0 radical (unpaired) electrons. The molecular formula is C24H21N5S. The molecule has 6 heteroatoms. The summed E-state index contributed by atoms with van der Waals surface area (Å²) in [5, 5.41) is 4.23. The third kappa shape index (κ3) is 3.57. The van der Waals surface area contributed by atoms with Crippen LogP contribution < -0.4 is 5.32 Å². The summed E-state index contributed by atoms with van der Waals surface area (Å²) in [7, 11) is 0. The molecule has 0 saturated carbocycles. The molecule has 1 N–H and O–H groups in total. The molecule has 0 aliphatic carbocycles. The third-order valence-corrected chi connectivity index (χ3v) is 5.74. The van der Waals surface area contributed by atoms with E-state index in [9.17, 15) is 0 Å². The molecule has 4 heterocycles. The minimum Gasteiger partial charge on any atom is -0.352 e. The van der Waals surface area contributed by atoms with Crippen molar-refractivity contribution in [1.82, 2.24) is 24.8 Å². The molecule has 1 saturated heterocycles. The summed E-state index contributed by atoms with van der Waals surface area (Å²) < 4.78 is 2.15. The van der Waals surface area contributed by atoms with E-state index in [4.69, 9.17) is 12.2 Å². The Balaban J connectivity index is 1.54. The lowest BCUT2D eigenvalue weighted by Gasteiger charge is -2.27.